The molecule has 0 amide bonds. The lowest BCUT2D eigenvalue weighted by atomic mass is 10.3. The fraction of sp³-hybridized carbons (Fsp3) is 0.375. The molecular weight excluding hydrogens is 124 g/mol. The molecule has 10 heavy (non-hydrogen) atoms. The van der Waals surface area contributed by atoms with Crippen molar-refractivity contribution in [1.29, 1.82) is 0 Å². The van der Waals surface area contributed by atoms with Crippen LogP contribution in [-0.2, 0) is 0 Å². The maximum atomic E-state index is 5.22. The molecule has 0 saturated heterocycles. The monoisotopic (exact) mass is 138 g/mol. The van der Waals surface area contributed by atoms with E-state index in [0.717, 1.165) is 11.4 Å². The highest BCUT2D eigenvalue weighted by atomic mass is 14.8. The minimum Gasteiger partial charge on any atom is -0.403 e. The second-order valence-corrected chi connectivity index (χ2v) is 2.06. The SMILES string of the molecule is C\C=C/C(C)=N\C(C)=C/N. The molecule has 0 aliphatic carbocycles. The van der Waals surface area contributed by atoms with Crippen LogP contribution in [0.15, 0.2) is 29.0 Å². The van der Waals surface area contributed by atoms with Gasteiger partial charge in [0.15, 0.2) is 0 Å². The normalized spacial score (nSPS) is 14.7. The number of hydrogen-bond acceptors (Lipinski definition) is 2. The first-order valence-corrected chi connectivity index (χ1v) is 3.27. The topological polar surface area (TPSA) is 38.4 Å². The maximum absolute atomic E-state index is 5.22. The van der Waals surface area contributed by atoms with Gasteiger partial charge in [-0.15, -0.1) is 0 Å². The van der Waals surface area contributed by atoms with Gasteiger partial charge in [-0.3, -0.25) is 4.99 Å². The van der Waals surface area contributed by atoms with Crippen molar-refractivity contribution in [3.05, 3.63) is 24.0 Å². The molecule has 0 bridgehead atoms. The van der Waals surface area contributed by atoms with Crippen molar-refractivity contribution in [2.24, 2.45) is 10.7 Å². The third kappa shape index (κ3) is 3.89. The molecule has 0 rings (SSSR count). The first kappa shape index (κ1) is 8.95. The second-order valence-electron chi connectivity index (χ2n) is 2.06. The summed E-state index contributed by atoms with van der Waals surface area (Å²) in [5.74, 6) is 0. The summed E-state index contributed by atoms with van der Waals surface area (Å²) in [6.07, 6.45) is 5.38. The molecule has 0 saturated carbocycles. The van der Waals surface area contributed by atoms with Gasteiger partial charge in [-0.25, -0.2) is 0 Å². The summed E-state index contributed by atoms with van der Waals surface area (Å²) < 4.78 is 0. The van der Waals surface area contributed by atoms with Crippen molar-refractivity contribution in [3.8, 4) is 0 Å². The molecule has 0 radical (unpaired) electrons. The van der Waals surface area contributed by atoms with Crippen LogP contribution in [0.1, 0.15) is 20.8 Å². The van der Waals surface area contributed by atoms with E-state index in [4.69, 9.17) is 5.73 Å². The van der Waals surface area contributed by atoms with Gasteiger partial charge >= 0.3 is 0 Å². The minimum absolute atomic E-state index is 0.843. The van der Waals surface area contributed by atoms with Gasteiger partial charge in [0.2, 0.25) is 0 Å². The third-order valence-corrected chi connectivity index (χ3v) is 1.00. The Morgan fingerprint density at radius 1 is 1.40 bits per heavy atom. The van der Waals surface area contributed by atoms with Crippen molar-refractivity contribution >= 4 is 5.71 Å². The van der Waals surface area contributed by atoms with Crippen LogP contribution in [0.5, 0.6) is 0 Å². The molecule has 0 aromatic carbocycles. The van der Waals surface area contributed by atoms with E-state index in [0.29, 0.717) is 0 Å². The Labute approximate surface area is 62.1 Å². The fourth-order valence-corrected chi connectivity index (χ4v) is 0.594. The van der Waals surface area contributed by atoms with Crippen LogP contribution in [-0.4, -0.2) is 5.71 Å². The van der Waals surface area contributed by atoms with Crippen LogP contribution in [0.3, 0.4) is 0 Å². The number of rotatable bonds is 2. The standard InChI is InChI=1S/C8H14N2/c1-4-5-7(2)10-8(3)6-9/h4-6H,9H2,1-3H3/b5-4-,8-6-,10-7-. The van der Waals surface area contributed by atoms with Crippen LogP contribution in [0.25, 0.3) is 0 Å². The third-order valence-electron chi connectivity index (χ3n) is 1.00. The molecule has 0 heterocycles. The Hall–Kier alpha value is -1.05. The Bertz CT molecular complexity index is 176. The van der Waals surface area contributed by atoms with E-state index < -0.39 is 0 Å². The molecule has 2 heteroatoms. The minimum atomic E-state index is 0.843. The molecule has 2 N–H and O–H groups in total. The van der Waals surface area contributed by atoms with Crippen molar-refractivity contribution in [3.63, 3.8) is 0 Å². The molecule has 0 spiro atoms. The zero-order valence-electron chi connectivity index (χ0n) is 6.76. The van der Waals surface area contributed by atoms with Gasteiger partial charge in [-0.05, 0) is 26.8 Å². The van der Waals surface area contributed by atoms with Gasteiger partial charge in [0, 0.05) is 11.9 Å². The Morgan fingerprint density at radius 3 is 2.40 bits per heavy atom. The Balaban J connectivity index is 4.16. The van der Waals surface area contributed by atoms with E-state index in [1.54, 1.807) is 0 Å². The van der Waals surface area contributed by atoms with Gasteiger partial charge in [-0.2, -0.15) is 0 Å². The average Bonchev–Trinajstić information content (AvgIpc) is 1.88. The smallest absolute Gasteiger partial charge is 0.0530 e. The predicted molar refractivity (Wildman–Crippen MR) is 45.9 cm³/mol. The van der Waals surface area contributed by atoms with Crippen molar-refractivity contribution < 1.29 is 0 Å². The average molecular weight is 138 g/mol. The number of aliphatic imine (C=N–C) groups is 1. The molecule has 0 unspecified atom stereocenters. The zero-order chi connectivity index (χ0) is 7.98. The van der Waals surface area contributed by atoms with Crippen molar-refractivity contribution in [2.75, 3.05) is 0 Å². The number of allylic oxidation sites excluding steroid dienone is 3. The number of nitrogens with zero attached hydrogens (tertiary/aromatic N) is 1. The van der Waals surface area contributed by atoms with E-state index in [-0.39, 0.29) is 0 Å². The summed E-state index contributed by atoms with van der Waals surface area (Å²) in [5.41, 5.74) is 7.04. The molecule has 0 fully saturated rings. The Morgan fingerprint density at radius 2 is 2.00 bits per heavy atom. The summed E-state index contributed by atoms with van der Waals surface area (Å²) in [6.45, 7) is 5.76. The molecule has 2 nitrogen and oxygen atoms in total. The predicted octanol–water partition coefficient (Wildman–Crippen LogP) is 1.84. The van der Waals surface area contributed by atoms with Crippen LogP contribution >= 0.6 is 0 Å². The zero-order valence-corrected chi connectivity index (χ0v) is 6.76. The first-order chi connectivity index (χ1) is 4.70. The maximum Gasteiger partial charge on any atom is 0.0530 e. The largest absolute Gasteiger partial charge is 0.403 e. The van der Waals surface area contributed by atoms with Gasteiger partial charge < -0.3 is 5.73 Å². The molecule has 0 atom stereocenters. The van der Waals surface area contributed by atoms with E-state index in [9.17, 15) is 0 Å². The van der Waals surface area contributed by atoms with Gasteiger partial charge in [-0.1, -0.05) is 6.08 Å². The second kappa shape index (κ2) is 4.79. The highest BCUT2D eigenvalue weighted by Crippen LogP contribution is 1.92. The molecule has 0 aliphatic rings. The Kier molecular flexibility index (Phi) is 4.29. The lowest BCUT2D eigenvalue weighted by molar-refractivity contribution is 1.26. The lowest BCUT2D eigenvalue weighted by Gasteiger charge is -1.91. The van der Waals surface area contributed by atoms with Crippen LogP contribution in [0.2, 0.25) is 0 Å². The summed E-state index contributed by atoms with van der Waals surface area (Å²) >= 11 is 0. The number of nitrogens with two attached hydrogens (primary N) is 1. The van der Waals surface area contributed by atoms with E-state index in [2.05, 4.69) is 4.99 Å². The van der Waals surface area contributed by atoms with Crippen LogP contribution < -0.4 is 5.73 Å². The van der Waals surface area contributed by atoms with E-state index >= 15 is 0 Å². The van der Waals surface area contributed by atoms with Crippen LogP contribution in [0, 0.1) is 0 Å². The van der Waals surface area contributed by atoms with E-state index in [1.165, 1.54) is 6.20 Å². The molecule has 56 valence electrons. The summed E-state index contributed by atoms with van der Waals surface area (Å²) in [6, 6.07) is 0. The van der Waals surface area contributed by atoms with E-state index in [1.807, 2.05) is 32.9 Å². The van der Waals surface area contributed by atoms with Gasteiger partial charge in [0.1, 0.15) is 0 Å². The van der Waals surface area contributed by atoms with Crippen molar-refractivity contribution in [1.82, 2.24) is 0 Å². The molecule has 0 aliphatic heterocycles. The highest BCUT2D eigenvalue weighted by Gasteiger charge is 1.82. The fourth-order valence-electron chi connectivity index (χ4n) is 0.594. The molecule has 0 aromatic rings. The molecular formula is C8H14N2. The van der Waals surface area contributed by atoms with Gasteiger partial charge in [0.25, 0.3) is 0 Å². The lowest BCUT2D eigenvalue weighted by Crippen LogP contribution is -1.87. The first-order valence-electron chi connectivity index (χ1n) is 3.27. The summed E-state index contributed by atoms with van der Waals surface area (Å²) in [4.78, 5) is 4.15. The van der Waals surface area contributed by atoms with Gasteiger partial charge in [0.05, 0.1) is 5.70 Å². The van der Waals surface area contributed by atoms with Crippen LogP contribution in [0.4, 0.5) is 0 Å². The summed E-state index contributed by atoms with van der Waals surface area (Å²) in [5, 5.41) is 0. The number of hydrogen-bond donors (Lipinski definition) is 1. The summed E-state index contributed by atoms with van der Waals surface area (Å²) in [7, 11) is 0. The quantitative estimate of drug-likeness (QED) is 0.581. The highest BCUT2D eigenvalue weighted by molar-refractivity contribution is 5.93. The van der Waals surface area contributed by atoms with Crippen molar-refractivity contribution in [2.45, 2.75) is 20.8 Å². The molecule has 0 aromatic heterocycles.